The van der Waals surface area contributed by atoms with Gasteiger partial charge in [-0.3, -0.25) is 4.98 Å². The van der Waals surface area contributed by atoms with Gasteiger partial charge >= 0.3 is 6.18 Å². The summed E-state index contributed by atoms with van der Waals surface area (Å²) in [7, 11) is 0. The number of alkyl halides is 5. The van der Waals surface area contributed by atoms with Crippen molar-refractivity contribution in [3.8, 4) is 5.75 Å². The Morgan fingerprint density at radius 3 is 2.76 bits per heavy atom. The molecular weight excluding hydrogens is 447 g/mol. The first kappa shape index (κ1) is 21.8. The zero-order valence-electron chi connectivity index (χ0n) is 17.5. The first-order valence-corrected chi connectivity index (χ1v) is 10.6. The highest BCUT2D eigenvalue weighted by Gasteiger charge is 2.48. The van der Waals surface area contributed by atoms with Crippen molar-refractivity contribution in [2.45, 2.75) is 50.9 Å². The number of pyridine rings is 1. The molecule has 0 radical (unpaired) electrons. The number of piperidine rings is 1. The van der Waals surface area contributed by atoms with Crippen LogP contribution in [0.25, 0.3) is 11.2 Å². The van der Waals surface area contributed by atoms with Gasteiger partial charge in [0.2, 0.25) is 0 Å². The van der Waals surface area contributed by atoms with Crippen molar-refractivity contribution in [2.75, 3.05) is 18.0 Å². The zero-order valence-corrected chi connectivity index (χ0v) is 17.5. The lowest BCUT2D eigenvalue weighted by Crippen LogP contribution is -2.54. The molecule has 33 heavy (non-hydrogen) atoms. The summed E-state index contributed by atoms with van der Waals surface area (Å²) in [6.45, 7) is 0.908. The second-order valence-corrected chi connectivity index (χ2v) is 8.70. The van der Waals surface area contributed by atoms with Crippen LogP contribution in [0.5, 0.6) is 5.75 Å². The molecule has 1 aliphatic carbocycles. The molecule has 3 aromatic heterocycles. The Morgan fingerprint density at radius 1 is 1.18 bits per heavy atom. The third-order valence-electron chi connectivity index (χ3n) is 6.27. The largest absolute Gasteiger partial charge is 0.490 e. The molecule has 4 heterocycles. The smallest absolute Gasteiger partial charge is 0.433 e. The van der Waals surface area contributed by atoms with Crippen molar-refractivity contribution >= 4 is 17.0 Å². The van der Waals surface area contributed by atoms with E-state index in [0.717, 1.165) is 36.3 Å². The molecule has 176 valence electrons. The van der Waals surface area contributed by atoms with E-state index in [4.69, 9.17) is 4.74 Å². The van der Waals surface area contributed by atoms with Gasteiger partial charge in [0.05, 0.1) is 18.5 Å². The van der Waals surface area contributed by atoms with Crippen molar-refractivity contribution in [3.05, 3.63) is 36.4 Å². The van der Waals surface area contributed by atoms with E-state index in [-0.39, 0.29) is 17.3 Å². The lowest BCUT2D eigenvalue weighted by Gasteiger charge is -2.52. The Balaban J connectivity index is 1.26. The van der Waals surface area contributed by atoms with Gasteiger partial charge in [-0.15, -0.1) is 0 Å². The van der Waals surface area contributed by atoms with Gasteiger partial charge in [0.1, 0.15) is 29.3 Å². The highest BCUT2D eigenvalue weighted by molar-refractivity contribution is 5.71. The van der Waals surface area contributed by atoms with Gasteiger partial charge in [-0.1, -0.05) is 0 Å². The van der Waals surface area contributed by atoms with Crippen LogP contribution in [0.3, 0.4) is 0 Å². The molecule has 1 aliphatic heterocycles. The molecule has 2 fully saturated rings. The Kier molecular flexibility index (Phi) is 5.32. The van der Waals surface area contributed by atoms with Crippen LogP contribution in [0.2, 0.25) is 0 Å². The third-order valence-corrected chi connectivity index (χ3v) is 6.27. The van der Waals surface area contributed by atoms with E-state index >= 15 is 0 Å². The molecule has 0 bridgehead atoms. The van der Waals surface area contributed by atoms with Crippen molar-refractivity contribution in [2.24, 2.45) is 5.41 Å². The van der Waals surface area contributed by atoms with Crippen LogP contribution in [-0.4, -0.2) is 50.4 Å². The van der Waals surface area contributed by atoms with Crippen LogP contribution in [-0.2, 0) is 12.7 Å². The highest BCUT2D eigenvalue weighted by atomic mass is 19.4. The van der Waals surface area contributed by atoms with Gasteiger partial charge in [0, 0.05) is 25.4 Å². The normalized spacial score (nSPS) is 23.3. The summed E-state index contributed by atoms with van der Waals surface area (Å²) >= 11 is 0. The predicted molar refractivity (Wildman–Crippen MR) is 108 cm³/mol. The van der Waals surface area contributed by atoms with Gasteiger partial charge in [-0.25, -0.2) is 23.4 Å². The molecule has 3 aromatic rings. The highest BCUT2D eigenvalue weighted by Crippen LogP contribution is 2.49. The number of hydrogen-bond donors (Lipinski definition) is 0. The maximum atomic E-state index is 12.9. The summed E-state index contributed by atoms with van der Waals surface area (Å²) in [5, 5.41) is 3.95. The molecule has 0 atom stereocenters. The fourth-order valence-electron chi connectivity index (χ4n) is 4.81. The van der Waals surface area contributed by atoms with Crippen LogP contribution in [0.4, 0.5) is 27.8 Å². The van der Waals surface area contributed by atoms with Crippen molar-refractivity contribution in [1.82, 2.24) is 24.7 Å². The fourth-order valence-corrected chi connectivity index (χ4v) is 4.81. The zero-order chi connectivity index (χ0) is 23.2. The summed E-state index contributed by atoms with van der Waals surface area (Å²) < 4.78 is 71.2. The van der Waals surface area contributed by atoms with E-state index < -0.39 is 24.8 Å². The molecule has 0 N–H and O–H groups in total. The van der Waals surface area contributed by atoms with E-state index in [1.165, 1.54) is 12.3 Å². The molecule has 12 heteroatoms. The Hall–Kier alpha value is -3.05. The number of aromatic nitrogens is 5. The lowest BCUT2D eigenvalue weighted by atomic mass is 9.62. The monoisotopic (exact) mass is 468 g/mol. The average molecular weight is 468 g/mol. The van der Waals surface area contributed by atoms with Gasteiger partial charge in [-0.05, 0) is 37.2 Å². The van der Waals surface area contributed by atoms with Crippen LogP contribution in [0.15, 0.2) is 30.7 Å². The minimum atomic E-state index is -4.52. The average Bonchev–Trinajstić information content (AvgIpc) is 3.14. The summed E-state index contributed by atoms with van der Waals surface area (Å²) in [5.74, 6) is 0.763. The fraction of sp³-hybridized carbons (Fsp3) is 0.524. The number of anilines is 1. The van der Waals surface area contributed by atoms with Gasteiger partial charge < -0.3 is 9.64 Å². The standard InChI is InChI=1S/C21H21F5N6O/c22-17(23)11-32-19-15(9-29-32)28-10-18(30-19)31-5-1-3-20(12-31)7-14(8-20)33-13-2-4-27-16(6-13)21(24,25)26/h2,4,6,9-10,14,17H,1,3,5,7-8,11-12H2. The third kappa shape index (κ3) is 4.42. The van der Waals surface area contributed by atoms with Crippen molar-refractivity contribution in [3.63, 3.8) is 0 Å². The maximum absolute atomic E-state index is 12.9. The van der Waals surface area contributed by atoms with Gasteiger partial charge in [0.25, 0.3) is 6.43 Å². The molecular formula is C21H21F5N6O. The van der Waals surface area contributed by atoms with E-state index in [1.54, 1.807) is 6.20 Å². The van der Waals surface area contributed by atoms with E-state index in [9.17, 15) is 22.0 Å². The van der Waals surface area contributed by atoms with Crippen molar-refractivity contribution in [1.29, 1.82) is 0 Å². The molecule has 2 aliphatic rings. The van der Waals surface area contributed by atoms with Crippen LogP contribution in [0.1, 0.15) is 31.4 Å². The summed E-state index contributed by atoms with van der Waals surface area (Å²) in [5.41, 5.74) is -0.222. The summed E-state index contributed by atoms with van der Waals surface area (Å²) in [6, 6.07) is 2.35. The van der Waals surface area contributed by atoms with Crippen LogP contribution in [0, 0.1) is 5.41 Å². The van der Waals surface area contributed by atoms with Gasteiger partial charge in [0.15, 0.2) is 5.65 Å². The van der Waals surface area contributed by atoms with E-state index in [0.29, 0.717) is 36.4 Å². The molecule has 1 saturated heterocycles. The quantitative estimate of drug-likeness (QED) is 0.519. The molecule has 0 aromatic carbocycles. The van der Waals surface area contributed by atoms with Gasteiger partial charge in [-0.2, -0.15) is 18.3 Å². The van der Waals surface area contributed by atoms with Crippen molar-refractivity contribution < 1.29 is 26.7 Å². The Morgan fingerprint density at radius 2 is 2.00 bits per heavy atom. The second-order valence-electron chi connectivity index (χ2n) is 8.70. The second kappa shape index (κ2) is 8.07. The van der Waals surface area contributed by atoms with E-state index in [2.05, 4.69) is 25.0 Å². The molecule has 1 spiro atoms. The number of ether oxygens (including phenoxy) is 1. The number of fused-ring (bicyclic) bond motifs is 1. The number of hydrogen-bond acceptors (Lipinski definition) is 6. The predicted octanol–water partition coefficient (Wildman–Crippen LogP) is 4.33. The molecule has 1 saturated carbocycles. The minimum absolute atomic E-state index is 0.0251. The van der Waals surface area contributed by atoms with E-state index in [1.807, 2.05) is 0 Å². The molecule has 7 nitrogen and oxygen atoms in total. The number of halogens is 5. The Bertz CT molecular complexity index is 1140. The summed E-state index contributed by atoms with van der Waals surface area (Å²) in [4.78, 5) is 14.3. The SMILES string of the molecule is FC(F)Cn1ncc2ncc(N3CCCC4(CC(Oc5ccnc(C(F)(F)F)c5)C4)C3)nc21. The topological polar surface area (TPSA) is 69.0 Å². The van der Waals surface area contributed by atoms with Crippen LogP contribution < -0.4 is 9.64 Å². The summed E-state index contributed by atoms with van der Waals surface area (Å²) in [6.07, 6.45) is 0.229. The molecule has 0 amide bonds. The minimum Gasteiger partial charge on any atom is -0.490 e. The first-order chi connectivity index (χ1) is 15.7. The maximum Gasteiger partial charge on any atom is 0.433 e. The number of nitrogens with zero attached hydrogens (tertiary/aromatic N) is 6. The lowest BCUT2D eigenvalue weighted by molar-refractivity contribution is -0.141. The van der Waals surface area contributed by atoms with Crippen LogP contribution >= 0.6 is 0 Å². The molecule has 0 unspecified atom stereocenters. The number of rotatable bonds is 5. The molecule has 5 rings (SSSR count). The Labute approximate surface area is 185 Å². The first-order valence-electron chi connectivity index (χ1n) is 10.6.